The fourth-order valence-corrected chi connectivity index (χ4v) is 0.685. The number of carboxylic acid groups (broad SMARTS) is 1. The third kappa shape index (κ3) is 1.43. The van der Waals surface area contributed by atoms with Crippen molar-refractivity contribution in [1.82, 2.24) is 9.97 Å². The number of carbonyl (C=O) groups is 1. The van der Waals surface area contributed by atoms with Gasteiger partial charge in [0, 0.05) is 11.8 Å². The van der Waals surface area contributed by atoms with Crippen molar-refractivity contribution in [2.75, 3.05) is 5.73 Å². The maximum atomic E-state index is 10.3. The number of hydrogen-bond acceptors (Lipinski definition) is 5. The summed E-state index contributed by atoms with van der Waals surface area (Å²) in [7, 11) is 0. The number of nitrogens with two attached hydrogens (primary N) is 1. The van der Waals surface area contributed by atoms with Gasteiger partial charge in [0.2, 0.25) is 5.95 Å². The SMILES string of the molecule is Cc1nc(N)ncc1C(=O)[O-]. The monoisotopic (exact) mass is 152 g/mol. The molecule has 0 fully saturated rings. The fourth-order valence-electron chi connectivity index (χ4n) is 0.685. The first-order valence-electron chi connectivity index (χ1n) is 2.91. The highest BCUT2D eigenvalue weighted by Crippen LogP contribution is 2.02. The van der Waals surface area contributed by atoms with Crippen LogP contribution in [0.4, 0.5) is 5.95 Å². The maximum Gasteiger partial charge on any atom is 0.220 e. The van der Waals surface area contributed by atoms with E-state index in [0.717, 1.165) is 6.20 Å². The molecule has 1 heterocycles. The molecule has 0 saturated carbocycles. The van der Waals surface area contributed by atoms with E-state index in [1.165, 1.54) is 6.92 Å². The van der Waals surface area contributed by atoms with Gasteiger partial charge in [0.1, 0.15) is 0 Å². The third-order valence-corrected chi connectivity index (χ3v) is 1.22. The minimum Gasteiger partial charge on any atom is -0.545 e. The summed E-state index contributed by atoms with van der Waals surface area (Å²) in [4.78, 5) is 17.4. The summed E-state index contributed by atoms with van der Waals surface area (Å²) in [6.45, 7) is 1.53. The van der Waals surface area contributed by atoms with Crippen LogP contribution in [-0.4, -0.2) is 15.9 Å². The van der Waals surface area contributed by atoms with Crippen LogP contribution in [-0.2, 0) is 0 Å². The van der Waals surface area contributed by atoms with Gasteiger partial charge in [-0.1, -0.05) is 0 Å². The number of aromatic nitrogens is 2. The van der Waals surface area contributed by atoms with Gasteiger partial charge in [-0.2, -0.15) is 0 Å². The molecular formula is C6H6N3O2-. The topological polar surface area (TPSA) is 91.9 Å². The van der Waals surface area contributed by atoms with Gasteiger partial charge in [0.25, 0.3) is 0 Å². The maximum absolute atomic E-state index is 10.3. The van der Waals surface area contributed by atoms with Gasteiger partial charge in [-0.25, -0.2) is 9.97 Å². The number of rotatable bonds is 1. The van der Waals surface area contributed by atoms with Crippen LogP contribution in [0.2, 0.25) is 0 Å². The van der Waals surface area contributed by atoms with Crippen molar-refractivity contribution in [1.29, 1.82) is 0 Å². The van der Waals surface area contributed by atoms with Crippen LogP contribution in [0.1, 0.15) is 16.1 Å². The molecule has 58 valence electrons. The summed E-state index contributed by atoms with van der Waals surface area (Å²) in [6.07, 6.45) is 1.13. The van der Waals surface area contributed by atoms with Gasteiger partial charge < -0.3 is 15.6 Å². The van der Waals surface area contributed by atoms with Crippen LogP contribution < -0.4 is 10.8 Å². The zero-order valence-corrected chi connectivity index (χ0v) is 5.87. The molecule has 0 bridgehead atoms. The number of nitrogen functional groups attached to an aromatic ring is 1. The first-order chi connectivity index (χ1) is 5.11. The van der Waals surface area contributed by atoms with Crippen LogP contribution in [0, 0.1) is 6.92 Å². The zero-order chi connectivity index (χ0) is 8.43. The van der Waals surface area contributed by atoms with Crippen LogP contribution in [0.25, 0.3) is 0 Å². The van der Waals surface area contributed by atoms with E-state index in [0.29, 0.717) is 5.69 Å². The lowest BCUT2D eigenvalue weighted by atomic mass is 10.2. The van der Waals surface area contributed by atoms with Crippen molar-refractivity contribution in [3.63, 3.8) is 0 Å². The average molecular weight is 152 g/mol. The van der Waals surface area contributed by atoms with E-state index < -0.39 is 5.97 Å². The summed E-state index contributed by atoms with van der Waals surface area (Å²) in [5.74, 6) is -1.23. The molecular weight excluding hydrogens is 146 g/mol. The fraction of sp³-hybridized carbons (Fsp3) is 0.167. The Morgan fingerprint density at radius 2 is 2.36 bits per heavy atom. The van der Waals surface area contributed by atoms with Crippen molar-refractivity contribution in [3.8, 4) is 0 Å². The number of carboxylic acids is 1. The quantitative estimate of drug-likeness (QED) is 0.541. The lowest BCUT2D eigenvalue weighted by molar-refractivity contribution is -0.255. The Kier molecular flexibility index (Phi) is 1.72. The van der Waals surface area contributed by atoms with Gasteiger partial charge in [-0.3, -0.25) is 0 Å². The second kappa shape index (κ2) is 2.53. The second-order valence-corrected chi connectivity index (χ2v) is 2.01. The molecule has 0 aliphatic heterocycles. The van der Waals surface area contributed by atoms with Crippen LogP contribution in [0.15, 0.2) is 6.20 Å². The van der Waals surface area contributed by atoms with Crippen LogP contribution in [0.3, 0.4) is 0 Å². The molecule has 0 saturated heterocycles. The van der Waals surface area contributed by atoms with Crippen LogP contribution >= 0.6 is 0 Å². The third-order valence-electron chi connectivity index (χ3n) is 1.22. The van der Waals surface area contributed by atoms with Crippen molar-refractivity contribution in [3.05, 3.63) is 17.5 Å². The van der Waals surface area contributed by atoms with Gasteiger partial charge in [-0.15, -0.1) is 0 Å². The van der Waals surface area contributed by atoms with Crippen LogP contribution in [0.5, 0.6) is 0 Å². The van der Waals surface area contributed by atoms with Gasteiger partial charge in [0.05, 0.1) is 11.7 Å². The van der Waals surface area contributed by atoms with E-state index in [1.54, 1.807) is 0 Å². The molecule has 0 amide bonds. The summed E-state index contributed by atoms with van der Waals surface area (Å²) in [5.41, 5.74) is 5.48. The summed E-state index contributed by atoms with van der Waals surface area (Å²) >= 11 is 0. The highest BCUT2D eigenvalue weighted by Gasteiger charge is 2.00. The Hall–Kier alpha value is -1.65. The number of carbonyl (C=O) groups excluding carboxylic acids is 1. The molecule has 1 aromatic rings. The molecule has 1 aromatic heterocycles. The minimum absolute atomic E-state index is 0.0285. The van der Waals surface area contributed by atoms with Crippen molar-refractivity contribution < 1.29 is 9.90 Å². The highest BCUT2D eigenvalue weighted by atomic mass is 16.4. The van der Waals surface area contributed by atoms with E-state index in [2.05, 4.69) is 9.97 Å². The first-order valence-corrected chi connectivity index (χ1v) is 2.91. The summed E-state index contributed by atoms with van der Waals surface area (Å²) < 4.78 is 0. The van der Waals surface area contributed by atoms with E-state index in [-0.39, 0.29) is 11.5 Å². The van der Waals surface area contributed by atoms with Crippen molar-refractivity contribution >= 4 is 11.9 Å². The number of nitrogens with zero attached hydrogens (tertiary/aromatic N) is 2. The normalized spacial score (nSPS) is 9.55. The number of aromatic carboxylic acids is 1. The Bertz CT molecular complexity index is 298. The molecule has 0 unspecified atom stereocenters. The van der Waals surface area contributed by atoms with E-state index in [1.807, 2.05) is 0 Å². The molecule has 0 aliphatic carbocycles. The molecule has 2 N–H and O–H groups in total. The van der Waals surface area contributed by atoms with E-state index in [9.17, 15) is 9.90 Å². The largest absolute Gasteiger partial charge is 0.545 e. The summed E-state index contributed by atoms with van der Waals surface area (Å²) in [5, 5.41) is 10.3. The molecule has 0 radical (unpaired) electrons. The predicted octanol–water partition coefficient (Wildman–Crippen LogP) is -1.27. The van der Waals surface area contributed by atoms with Crippen molar-refractivity contribution in [2.45, 2.75) is 6.92 Å². The molecule has 5 heteroatoms. The van der Waals surface area contributed by atoms with Gasteiger partial charge in [0.15, 0.2) is 0 Å². The molecule has 0 spiro atoms. The summed E-state index contributed by atoms with van der Waals surface area (Å²) in [6, 6.07) is 0. The first kappa shape index (κ1) is 7.46. The zero-order valence-electron chi connectivity index (χ0n) is 5.87. The second-order valence-electron chi connectivity index (χ2n) is 2.01. The lowest BCUT2D eigenvalue weighted by Crippen LogP contribution is -2.24. The molecule has 11 heavy (non-hydrogen) atoms. The van der Waals surface area contributed by atoms with E-state index in [4.69, 9.17) is 5.73 Å². The highest BCUT2D eigenvalue weighted by molar-refractivity contribution is 5.86. The molecule has 0 aliphatic rings. The Labute approximate surface area is 62.9 Å². The smallest absolute Gasteiger partial charge is 0.220 e. The molecule has 1 rings (SSSR count). The molecule has 0 aromatic carbocycles. The minimum atomic E-state index is -1.29. The van der Waals surface area contributed by atoms with E-state index >= 15 is 0 Å². The average Bonchev–Trinajstić information content (AvgIpc) is 1.85. The predicted molar refractivity (Wildman–Crippen MR) is 35.5 cm³/mol. The number of anilines is 1. The Morgan fingerprint density at radius 3 is 2.82 bits per heavy atom. The van der Waals surface area contributed by atoms with Crippen molar-refractivity contribution in [2.24, 2.45) is 0 Å². The lowest BCUT2D eigenvalue weighted by Gasteiger charge is -2.04. The molecule has 5 nitrogen and oxygen atoms in total. The van der Waals surface area contributed by atoms with Gasteiger partial charge in [-0.05, 0) is 6.92 Å². The number of hydrogen-bond donors (Lipinski definition) is 1. The standard InChI is InChI=1S/C6H7N3O2/c1-3-4(5(10)11)2-8-6(7)9-3/h2H,1H3,(H,10,11)(H2,7,8,9)/p-1. The Morgan fingerprint density at radius 1 is 1.73 bits per heavy atom. The molecule has 0 atom stereocenters. The Balaban J connectivity index is 3.20. The number of aryl methyl sites for hydroxylation is 1. The van der Waals surface area contributed by atoms with Gasteiger partial charge >= 0.3 is 0 Å².